The fraction of sp³-hybridized carbons (Fsp3) is 0.353. The molecule has 0 aliphatic carbocycles. The van der Waals surface area contributed by atoms with E-state index >= 15 is 0 Å². The van der Waals surface area contributed by atoms with Gasteiger partial charge in [0.1, 0.15) is 5.82 Å². The van der Waals surface area contributed by atoms with Crippen LogP contribution in [0.4, 0.5) is 5.82 Å². The summed E-state index contributed by atoms with van der Waals surface area (Å²) >= 11 is 0. The van der Waals surface area contributed by atoms with Crippen molar-refractivity contribution in [3.63, 3.8) is 0 Å². The third-order valence-electron chi connectivity index (χ3n) is 3.20. The van der Waals surface area contributed by atoms with Gasteiger partial charge in [-0.25, -0.2) is 4.98 Å². The van der Waals surface area contributed by atoms with Gasteiger partial charge in [-0.1, -0.05) is 30.3 Å². The number of nitrogens with zero attached hydrogens (tertiary/aromatic N) is 2. The van der Waals surface area contributed by atoms with Crippen molar-refractivity contribution in [3.8, 4) is 0 Å². The van der Waals surface area contributed by atoms with Crippen molar-refractivity contribution in [2.45, 2.75) is 19.6 Å². The Morgan fingerprint density at radius 2 is 2.00 bits per heavy atom. The van der Waals surface area contributed by atoms with Crippen LogP contribution in [0.15, 0.2) is 48.7 Å². The molecule has 1 atom stereocenters. The normalized spacial score (nSPS) is 12.1. The van der Waals surface area contributed by atoms with Crippen molar-refractivity contribution in [1.82, 2.24) is 4.98 Å². The molecule has 0 spiro atoms. The quantitative estimate of drug-likeness (QED) is 0.849. The molecule has 0 saturated heterocycles. The molecule has 0 aliphatic rings. The number of ether oxygens (including phenoxy) is 1. The van der Waals surface area contributed by atoms with Gasteiger partial charge in [-0.3, -0.25) is 0 Å². The van der Waals surface area contributed by atoms with Gasteiger partial charge in [0, 0.05) is 19.8 Å². The van der Waals surface area contributed by atoms with Crippen molar-refractivity contribution in [2.75, 3.05) is 25.1 Å². The highest BCUT2D eigenvalue weighted by atomic mass is 16.5. The lowest BCUT2D eigenvalue weighted by molar-refractivity contribution is 0.0324. The van der Waals surface area contributed by atoms with Crippen LogP contribution >= 0.6 is 0 Å². The van der Waals surface area contributed by atoms with Crippen molar-refractivity contribution < 1.29 is 9.84 Å². The molecule has 2 aromatic rings. The lowest BCUT2D eigenvalue weighted by Crippen LogP contribution is -2.32. The first-order valence-corrected chi connectivity index (χ1v) is 7.08. The fourth-order valence-electron chi connectivity index (χ4n) is 2.08. The van der Waals surface area contributed by atoms with Crippen LogP contribution in [-0.2, 0) is 11.3 Å². The summed E-state index contributed by atoms with van der Waals surface area (Å²) < 4.78 is 5.54. The van der Waals surface area contributed by atoms with E-state index in [1.165, 1.54) is 0 Å². The van der Waals surface area contributed by atoms with E-state index in [9.17, 15) is 5.11 Å². The predicted molar refractivity (Wildman–Crippen MR) is 84.3 cm³/mol. The van der Waals surface area contributed by atoms with Crippen LogP contribution in [0.25, 0.3) is 0 Å². The van der Waals surface area contributed by atoms with E-state index in [1.807, 2.05) is 61.3 Å². The van der Waals surface area contributed by atoms with E-state index in [4.69, 9.17) is 4.74 Å². The standard InChI is InChI=1S/C17H22N2O2/c1-14-8-9-18-17(10-14)19(2)11-16(20)13-21-12-15-6-4-3-5-7-15/h3-10,16,20H,11-13H2,1-2H3/t16-/m1/s1. The number of aliphatic hydroxyl groups is 1. The highest BCUT2D eigenvalue weighted by Crippen LogP contribution is 2.11. The molecular weight excluding hydrogens is 264 g/mol. The zero-order chi connectivity index (χ0) is 15.1. The van der Waals surface area contributed by atoms with Crippen molar-refractivity contribution in [2.24, 2.45) is 0 Å². The summed E-state index contributed by atoms with van der Waals surface area (Å²) in [5.41, 5.74) is 2.26. The second-order valence-electron chi connectivity index (χ2n) is 5.23. The number of rotatable bonds is 7. The Kier molecular flexibility index (Phi) is 5.72. The molecule has 0 amide bonds. The topological polar surface area (TPSA) is 45.6 Å². The maximum absolute atomic E-state index is 10.0. The van der Waals surface area contributed by atoms with Gasteiger partial charge in [0.15, 0.2) is 0 Å². The van der Waals surface area contributed by atoms with Crippen LogP contribution < -0.4 is 4.90 Å². The maximum atomic E-state index is 10.0. The summed E-state index contributed by atoms with van der Waals surface area (Å²) in [4.78, 5) is 6.23. The summed E-state index contributed by atoms with van der Waals surface area (Å²) in [5, 5.41) is 10.0. The van der Waals surface area contributed by atoms with E-state index in [-0.39, 0.29) is 0 Å². The van der Waals surface area contributed by atoms with E-state index in [2.05, 4.69) is 4.98 Å². The molecule has 2 rings (SSSR count). The Bertz CT molecular complexity index is 545. The van der Waals surface area contributed by atoms with Gasteiger partial charge in [-0.15, -0.1) is 0 Å². The van der Waals surface area contributed by atoms with Crippen LogP contribution in [0.3, 0.4) is 0 Å². The zero-order valence-corrected chi connectivity index (χ0v) is 12.6. The Morgan fingerprint density at radius 1 is 1.24 bits per heavy atom. The molecule has 0 fully saturated rings. The molecule has 1 N–H and O–H groups in total. The van der Waals surface area contributed by atoms with Crippen molar-refractivity contribution in [3.05, 3.63) is 59.8 Å². The SMILES string of the molecule is Cc1ccnc(N(C)C[C@@H](O)COCc2ccccc2)c1. The summed E-state index contributed by atoms with van der Waals surface area (Å²) in [7, 11) is 1.92. The molecule has 112 valence electrons. The molecule has 4 heteroatoms. The summed E-state index contributed by atoms with van der Waals surface area (Å²) in [6.45, 7) is 3.35. The molecule has 1 aromatic carbocycles. The summed E-state index contributed by atoms with van der Waals surface area (Å²) in [6.07, 6.45) is 1.24. The molecule has 0 bridgehead atoms. The van der Waals surface area contributed by atoms with Gasteiger partial charge in [-0.2, -0.15) is 0 Å². The minimum absolute atomic E-state index is 0.311. The molecule has 0 unspecified atom stereocenters. The third-order valence-corrected chi connectivity index (χ3v) is 3.20. The molecular formula is C17H22N2O2. The number of likely N-dealkylation sites (N-methyl/N-ethyl adjacent to an activating group) is 1. The first kappa shape index (κ1) is 15.5. The first-order chi connectivity index (χ1) is 10.1. The largest absolute Gasteiger partial charge is 0.389 e. The Hall–Kier alpha value is -1.91. The number of aryl methyl sites for hydroxylation is 1. The monoisotopic (exact) mass is 286 g/mol. The minimum atomic E-state index is -0.541. The van der Waals surface area contributed by atoms with E-state index < -0.39 is 6.10 Å². The van der Waals surface area contributed by atoms with E-state index in [0.29, 0.717) is 19.8 Å². The molecule has 4 nitrogen and oxygen atoms in total. The number of pyridine rings is 1. The smallest absolute Gasteiger partial charge is 0.128 e. The maximum Gasteiger partial charge on any atom is 0.128 e. The highest BCUT2D eigenvalue weighted by Gasteiger charge is 2.10. The molecule has 0 aliphatic heterocycles. The van der Waals surface area contributed by atoms with Crippen LogP contribution in [0.2, 0.25) is 0 Å². The minimum Gasteiger partial charge on any atom is -0.389 e. The van der Waals surface area contributed by atoms with Crippen LogP contribution in [0, 0.1) is 6.92 Å². The van der Waals surface area contributed by atoms with E-state index in [1.54, 1.807) is 6.20 Å². The Labute approximate surface area is 126 Å². The molecule has 0 radical (unpaired) electrons. The van der Waals surface area contributed by atoms with Crippen LogP contribution in [-0.4, -0.2) is 36.4 Å². The number of aliphatic hydroxyl groups excluding tert-OH is 1. The molecule has 1 aromatic heterocycles. The Balaban J connectivity index is 1.75. The molecule has 1 heterocycles. The van der Waals surface area contributed by atoms with Gasteiger partial charge in [0.25, 0.3) is 0 Å². The highest BCUT2D eigenvalue weighted by molar-refractivity contribution is 5.39. The lowest BCUT2D eigenvalue weighted by Gasteiger charge is -2.22. The second-order valence-corrected chi connectivity index (χ2v) is 5.23. The van der Waals surface area contributed by atoms with Crippen LogP contribution in [0.1, 0.15) is 11.1 Å². The third kappa shape index (κ3) is 5.17. The van der Waals surface area contributed by atoms with Crippen molar-refractivity contribution >= 4 is 5.82 Å². The summed E-state index contributed by atoms with van der Waals surface area (Å²) in [6, 6.07) is 13.9. The van der Waals surface area contributed by atoms with E-state index in [0.717, 1.165) is 16.9 Å². The van der Waals surface area contributed by atoms with Gasteiger partial charge < -0.3 is 14.7 Å². The number of benzene rings is 1. The molecule has 0 saturated carbocycles. The van der Waals surface area contributed by atoms with Gasteiger partial charge in [0.05, 0.1) is 19.3 Å². The second kappa shape index (κ2) is 7.76. The zero-order valence-electron chi connectivity index (χ0n) is 12.6. The van der Waals surface area contributed by atoms with Gasteiger partial charge >= 0.3 is 0 Å². The first-order valence-electron chi connectivity index (χ1n) is 7.08. The van der Waals surface area contributed by atoms with Crippen LogP contribution in [0.5, 0.6) is 0 Å². The number of anilines is 1. The average Bonchev–Trinajstić information content (AvgIpc) is 2.48. The average molecular weight is 286 g/mol. The fourth-order valence-corrected chi connectivity index (χ4v) is 2.08. The van der Waals surface area contributed by atoms with Crippen molar-refractivity contribution in [1.29, 1.82) is 0 Å². The summed E-state index contributed by atoms with van der Waals surface area (Å²) in [5.74, 6) is 0.858. The number of hydrogen-bond donors (Lipinski definition) is 1. The van der Waals surface area contributed by atoms with Gasteiger partial charge in [0.2, 0.25) is 0 Å². The number of hydrogen-bond acceptors (Lipinski definition) is 4. The predicted octanol–water partition coefficient (Wildman–Crippen LogP) is 2.40. The Morgan fingerprint density at radius 3 is 2.71 bits per heavy atom. The lowest BCUT2D eigenvalue weighted by atomic mass is 10.2. The number of aromatic nitrogens is 1. The molecule has 21 heavy (non-hydrogen) atoms. The van der Waals surface area contributed by atoms with Gasteiger partial charge in [-0.05, 0) is 30.2 Å².